The van der Waals surface area contributed by atoms with E-state index in [0.29, 0.717) is 47.0 Å². The Labute approximate surface area is 183 Å². The van der Waals surface area contributed by atoms with E-state index in [1.807, 2.05) is 13.8 Å². The van der Waals surface area contributed by atoms with Crippen molar-refractivity contribution in [2.45, 2.75) is 39.2 Å². The summed E-state index contributed by atoms with van der Waals surface area (Å²) in [5.41, 5.74) is 0.544. The van der Waals surface area contributed by atoms with Crippen molar-refractivity contribution in [2.24, 2.45) is 5.41 Å². The minimum Gasteiger partial charge on any atom is -0.341 e. The number of carbonyl (C=O) groups excluding carboxylic acids is 3. The largest absolute Gasteiger partial charge is 0.341 e. The highest BCUT2D eigenvalue weighted by molar-refractivity contribution is 8.14. The lowest BCUT2D eigenvalue weighted by molar-refractivity contribution is -0.112. The number of pyridine rings is 1. The summed E-state index contributed by atoms with van der Waals surface area (Å²) in [6, 6.07) is 7.48. The first-order valence-electron chi connectivity index (χ1n) is 9.72. The van der Waals surface area contributed by atoms with Crippen LogP contribution in [0.3, 0.4) is 0 Å². The fourth-order valence-electron chi connectivity index (χ4n) is 4.00. The molecule has 1 amide bonds. The van der Waals surface area contributed by atoms with Crippen LogP contribution < -0.4 is 10.9 Å². The zero-order chi connectivity index (χ0) is 21.6. The summed E-state index contributed by atoms with van der Waals surface area (Å²) in [6.07, 6.45) is 1.38. The Bertz CT molecular complexity index is 1120. The maximum atomic E-state index is 13.4. The number of rotatable bonds is 3. The van der Waals surface area contributed by atoms with Crippen LogP contribution in [-0.2, 0) is 11.2 Å². The first-order chi connectivity index (χ1) is 14.2. The Morgan fingerprint density at radius 2 is 1.87 bits per heavy atom. The van der Waals surface area contributed by atoms with Crippen LogP contribution in [0.1, 0.15) is 53.1 Å². The van der Waals surface area contributed by atoms with Gasteiger partial charge in [-0.3, -0.25) is 23.7 Å². The van der Waals surface area contributed by atoms with Gasteiger partial charge in [-0.2, -0.15) is 0 Å². The maximum Gasteiger partial charge on any atom is 0.268 e. The maximum absolute atomic E-state index is 13.4. The number of hydrogen-bond donors (Lipinski definition) is 1. The molecule has 1 N–H and O–H groups in total. The second-order valence-electron chi connectivity index (χ2n) is 8.46. The van der Waals surface area contributed by atoms with Gasteiger partial charge in [-0.05, 0) is 48.6 Å². The second kappa shape index (κ2) is 7.71. The van der Waals surface area contributed by atoms with E-state index >= 15 is 0 Å². The number of benzene rings is 1. The summed E-state index contributed by atoms with van der Waals surface area (Å²) >= 11 is 7.17. The van der Waals surface area contributed by atoms with E-state index in [1.165, 1.54) is 22.4 Å². The molecule has 30 heavy (non-hydrogen) atoms. The third kappa shape index (κ3) is 3.84. The molecule has 0 bridgehead atoms. The average molecular weight is 445 g/mol. The molecule has 0 saturated carbocycles. The van der Waals surface area contributed by atoms with Gasteiger partial charge in [0, 0.05) is 34.1 Å². The van der Waals surface area contributed by atoms with Crippen molar-refractivity contribution >= 4 is 40.2 Å². The molecular formula is C22H21ClN2O4S. The lowest BCUT2D eigenvalue weighted by Gasteiger charge is -2.32. The summed E-state index contributed by atoms with van der Waals surface area (Å²) in [6.45, 7) is 3.96. The number of halogens is 1. The zero-order valence-corrected chi connectivity index (χ0v) is 18.2. The zero-order valence-electron chi connectivity index (χ0n) is 16.7. The fourth-order valence-corrected chi connectivity index (χ4v) is 5.06. The normalized spacial score (nSPS) is 20.2. The lowest BCUT2D eigenvalue weighted by Crippen LogP contribution is -2.42. The van der Waals surface area contributed by atoms with Crippen molar-refractivity contribution in [3.05, 3.63) is 62.5 Å². The van der Waals surface area contributed by atoms with E-state index in [9.17, 15) is 19.2 Å². The molecule has 2 aromatic rings. The predicted molar refractivity (Wildman–Crippen MR) is 117 cm³/mol. The van der Waals surface area contributed by atoms with E-state index in [1.54, 1.807) is 24.3 Å². The first kappa shape index (κ1) is 20.9. The molecule has 156 valence electrons. The van der Waals surface area contributed by atoms with Crippen LogP contribution in [0.15, 0.2) is 35.1 Å². The molecule has 0 spiro atoms. The summed E-state index contributed by atoms with van der Waals surface area (Å²) < 4.78 is 1.44. The number of hydrogen-bond acceptors (Lipinski definition) is 5. The van der Waals surface area contributed by atoms with Gasteiger partial charge >= 0.3 is 0 Å². The van der Waals surface area contributed by atoms with Crippen molar-refractivity contribution in [3.63, 3.8) is 0 Å². The first-order valence-corrected chi connectivity index (χ1v) is 11.1. The van der Waals surface area contributed by atoms with E-state index in [2.05, 4.69) is 5.32 Å². The SMILES string of the molecule is CC1(C)CC(=O)c2cc(C(=O)N[C@@H]3CCSC3=O)c(=O)n(-c3ccc(Cl)cc3)c2C1. The topological polar surface area (TPSA) is 85.2 Å². The Morgan fingerprint density at radius 1 is 1.17 bits per heavy atom. The van der Waals surface area contributed by atoms with Crippen molar-refractivity contribution in [3.8, 4) is 5.69 Å². The van der Waals surface area contributed by atoms with Crippen LogP contribution in [0.25, 0.3) is 5.69 Å². The Kier molecular flexibility index (Phi) is 5.36. The molecule has 6 nitrogen and oxygen atoms in total. The Balaban J connectivity index is 1.88. The van der Waals surface area contributed by atoms with Gasteiger partial charge in [0.05, 0.1) is 6.04 Å². The summed E-state index contributed by atoms with van der Waals surface area (Å²) in [4.78, 5) is 51.1. The van der Waals surface area contributed by atoms with Crippen LogP contribution in [0, 0.1) is 5.41 Å². The molecular weight excluding hydrogens is 424 g/mol. The molecule has 1 saturated heterocycles. The number of amides is 1. The minimum atomic E-state index is -0.635. The van der Waals surface area contributed by atoms with Gasteiger partial charge in [0.25, 0.3) is 11.5 Å². The third-order valence-corrected chi connectivity index (χ3v) is 6.72. The van der Waals surface area contributed by atoms with Crippen molar-refractivity contribution < 1.29 is 14.4 Å². The molecule has 1 fully saturated rings. The van der Waals surface area contributed by atoms with Crippen molar-refractivity contribution in [1.82, 2.24) is 9.88 Å². The van der Waals surface area contributed by atoms with E-state index in [4.69, 9.17) is 11.6 Å². The van der Waals surface area contributed by atoms with Crippen LogP contribution in [0.4, 0.5) is 0 Å². The number of fused-ring (bicyclic) bond motifs is 1. The van der Waals surface area contributed by atoms with Crippen molar-refractivity contribution in [2.75, 3.05) is 5.75 Å². The minimum absolute atomic E-state index is 0.106. The quantitative estimate of drug-likeness (QED) is 0.784. The average Bonchev–Trinajstić information content (AvgIpc) is 3.06. The molecule has 1 atom stereocenters. The molecule has 8 heteroatoms. The number of nitrogens with one attached hydrogen (secondary N) is 1. The molecule has 1 aliphatic heterocycles. The van der Waals surface area contributed by atoms with Gasteiger partial charge in [0.1, 0.15) is 5.56 Å². The summed E-state index contributed by atoms with van der Waals surface area (Å²) in [5.74, 6) is -0.106. The monoisotopic (exact) mass is 444 g/mol. The lowest BCUT2D eigenvalue weighted by atomic mass is 9.75. The van der Waals surface area contributed by atoms with Gasteiger partial charge in [0.15, 0.2) is 5.78 Å². The van der Waals surface area contributed by atoms with E-state index in [-0.39, 0.29) is 21.9 Å². The molecule has 2 aliphatic rings. The van der Waals surface area contributed by atoms with Crippen LogP contribution in [0.2, 0.25) is 5.02 Å². The van der Waals surface area contributed by atoms with Gasteiger partial charge in [-0.25, -0.2) is 0 Å². The number of aromatic nitrogens is 1. The van der Waals surface area contributed by atoms with E-state index < -0.39 is 17.5 Å². The molecule has 1 aromatic carbocycles. The Hall–Kier alpha value is -2.38. The van der Waals surface area contributed by atoms with Gasteiger partial charge < -0.3 is 5.32 Å². The molecule has 2 heterocycles. The number of Topliss-reactive ketones (excluding diaryl/α,β-unsaturated/α-hetero) is 1. The molecule has 0 unspecified atom stereocenters. The highest BCUT2D eigenvalue weighted by atomic mass is 35.5. The van der Waals surface area contributed by atoms with Crippen molar-refractivity contribution in [1.29, 1.82) is 0 Å². The molecule has 1 aromatic heterocycles. The molecule has 0 radical (unpaired) electrons. The van der Waals surface area contributed by atoms with Crippen LogP contribution in [0.5, 0.6) is 0 Å². The molecule has 1 aliphatic carbocycles. The standard InChI is InChI=1S/C22H21ClN2O4S/c1-22(2)10-17-14(18(26)11-22)9-15(19(27)24-16-7-8-30-21(16)29)20(28)25(17)13-5-3-12(23)4-6-13/h3-6,9,16H,7-8,10-11H2,1-2H3,(H,24,27)/t16-/m1/s1. The predicted octanol–water partition coefficient (Wildman–Crippen LogP) is 3.41. The van der Waals surface area contributed by atoms with Gasteiger partial charge in [-0.1, -0.05) is 37.2 Å². The number of carbonyl (C=O) groups is 3. The molecule has 4 rings (SSSR count). The highest BCUT2D eigenvalue weighted by Gasteiger charge is 2.35. The van der Waals surface area contributed by atoms with Crippen LogP contribution >= 0.6 is 23.4 Å². The summed E-state index contributed by atoms with van der Waals surface area (Å²) in [7, 11) is 0. The smallest absolute Gasteiger partial charge is 0.268 e. The Morgan fingerprint density at radius 3 is 2.50 bits per heavy atom. The van der Waals surface area contributed by atoms with Gasteiger partial charge in [0.2, 0.25) is 5.12 Å². The van der Waals surface area contributed by atoms with E-state index in [0.717, 1.165) is 0 Å². The number of nitrogens with zero attached hydrogens (tertiary/aromatic N) is 1. The fraction of sp³-hybridized carbons (Fsp3) is 0.364. The number of ketones is 1. The van der Waals surface area contributed by atoms with Crippen LogP contribution in [-0.4, -0.2) is 33.2 Å². The second-order valence-corrected chi connectivity index (χ2v) is 9.99. The highest BCUT2D eigenvalue weighted by Crippen LogP contribution is 2.35. The summed E-state index contributed by atoms with van der Waals surface area (Å²) in [5, 5.41) is 3.06. The third-order valence-electron chi connectivity index (χ3n) is 5.46. The van der Waals surface area contributed by atoms with Gasteiger partial charge in [-0.15, -0.1) is 0 Å². The number of thioether (sulfide) groups is 1.